The summed E-state index contributed by atoms with van der Waals surface area (Å²) >= 11 is 0. The van der Waals surface area contributed by atoms with Crippen molar-refractivity contribution < 1.29 is 24.9 Å². The van der Waals surface area contributed by atoms with E-state index < -0.39 is 11.9 Å². The van der Waals surface area contributed by atoms with E-state index in [1.165, 1.54) is 12.1 Å². The standard InChI is InChI=1S/C16H14O5/c17-5-4-10-2-1-3-11(6-10)12-7-13(15(18)19)9-14(8-12)16(20)21/h1-3,6-9,17H,4-5H2,(H,18,19)(H,20,21). The zero-order valence-electron chi connectivity index (χ0n) is 11.1. The Hall–Kier alpha value is -2.66. The first-order chi connectivity index (χ1) is 10.0. The van der Waals surface area contributed by atoms with E-state index in [1.807, 2.05) is 12.1 Å². The van der Waals surface area contributed by atoms with Gasteiger partial charge in [0.05, 0.1) is 11.1 Å². The summed E-state index contributed by atoms with van der Waals surface area (Å²) in [4.78, 5) is 22.2. The minimum Gasteiger partial charge on any atom is -0.478 e. The molecule has 0 fully saturated rings. The third kappa shape index (κ3) is 3.46. The summed E-state index contributed by atoms with van der Waals surface area (Å²) in [6.45, 7) is 0.0129. The summed E-state index contributed by atoms with van der Waals surface area (Å²) in [6.07, 6.45) is 0.484. The Bertz CT molecular complexity index is 659. The molecule has 2 aromatic rings. The van der Waals surface area contributed by atoms with Crippen molar-refractivity contribution in [3.8, 4) is 11.1 Å². The van der Waals surface area contributed by atoms with Crippen LogP contribution >= 0.6 is 0 Å². The van der Waals surface area contributed by atoms with E-state index in [2.05, 4.69) is 0 Å². The van der Waals surface area contributed by atoms with Crippen LogP contribution in [0.5, 0.6) is 0 Å². The lowest BCUT2D eigenvalue weighted by Crippen LogP contribution is -2.03. The van der Waals surface area contributed by atoms with Crippen LogP contribution in [0.4, 0.5) is 0 Å². The molecule has 0 aromatic heterocycles. The van der Waals surface area contributed by atoms with Crippen LogP contribution in [0.25, 0.3) is 11.1 Å². The van der Waals surface area contributed by atoms with Crippen molar-refractivity contribution in [2.45, 2.75) is 6.42 Å². The number of carboxylic acids is 2. The minimum atomic E-state index is -1.18. The predicted octanol–water partition coefficient (Wildman–Crippen LogP) is 2.28. The van der Waals surface area contributed by atoms with E-state index in [0.717, 1.165) is 11.6 Å². The van der Waals surface area contributed by atoms with Gasteiger partial charge >= 0.3 is 11.9 Å². The molecule has 0 unspecified atom stereocenters. The Morgan fingerprint density at radius 1 is 0.857 bits per heavy atom. The van der Waals surface area contributed by atoms with Gasteiger partial charge in [-0.15, -0.1) is 0 Å². The van der Waals surface area contributed by atoms with Crippen LogP contribution in [0.1, 0.15) is 26.3 Å². The Kier molecular flexibility index (Phi) is 4.35. The lowest BCUT2D eigenvalue weighted by Gasteiger charge is -2.07. The van der Waals surface area contributed by atoms with Crippen LogP contribution in [0.2, 0.25) is 0 Å². The highest BCUT2D eigenvalue weighted by atomic mass is 16.4. The van der Waals surface area contributed by atoms with Crippen molar-refractivity contribution in [3.05, 3.63) is 59.2 Å². The van der Waals surface area contributed by atoms with Crippen LogP contribution in [0.15, 0.2) is 42.5 Å². The van der Waals surface area contributed by atoms with Crippen LogP contribution in [0, 0.1) is 0 Å². The number of aliphatic hydroxyl groups is 1. The fourth-order valence-corrected chi connectivity index (χ4v) is 2.08. The predicted molar refractivity (Wildman–Crippen MR) is 76.6 cm³/mol. The Labute approximate surface area is 121 Å². The van der Waals surface area contributed by atoms with E-state index in [9.17, 15) is 9.59 Å². The molecule has 21 heavy (non-hydrogen) atoms. The molecule has 0 saturated carbocycles. The van der Waals surface area contributed by atoms with Crippen molar-refractivity contribution >= 4 is 11.9 Å². The molecule has 0 saturated heterocycles. The number of carbonyl (C=O) groups is 2. The highest BCUT2D eigenvalue weighted by molar-refractivity contribution is 5.96. The molecule has 5 nitrogen and oxygen atoms in total. The van der Waals surface area contributed by atoms with Gasteiger partial charge < -0.3 is 15.3 Å². The lowest BCUT2D eigenvalue weighted by molar-refractivity contribution is 0.0696. The van der Waals surface area contributed by atoms with Crippen molar-refractivity contribution in [2.24, 2.45) is 0 Å². The first-order valence-corrected chi connectivity index (χ1v) is 6.33. The molecule has 0 aliphatic rings. The molecule has 5 heteroatoms. The molecule has 0 bridgehead atoms. The highest BCUT2D eigenvalue weighted by Crippen LogP contribution is 2.24. The maximum atomic E-state index is 11.1. The maximum Gasteiger partial charge on any atom is 0.335 e. The van der Waals surface area contributed by atoms with Gasteiger partial charge in [0.25, 0.3) is 0 Å². The molecule has 108 valence electrons. The second kappa shape index (κ2) is 6.19. The Morgan fingerprint density at radius 3 is 2.00 bits per heavy atom. The third-order valence-corrected chi connectivity index (χ3v) is 3.09. The molecule has 0 radical (unpaired) electrons. The van der Waals surface area contributed by atoms with Gasteiger partial charge in [0.15, 0.2) is 0 Å². The van der Waals surface area contributed by atoms with E-state index in [0.29, 0.717) is 17.5 Å². The van der Waals surface area contributed by atoms with Gasteiger partial charge in [-0.3, -0.25) is 0 Å². The summed E-state index contributed by atoms with van der Waals surface area (Å²) in [5.41, 5.74) is 1.99. The smallest absolute Gasteiger partial charge is 0.335 e. The first-order valence-electron chi connectivity index (χ1n) is 6.33. The second-order valence-electron chi connectivity index (χ2n) is 4.58. The average molecular weight is 286 g/mol. The van der Waals surface area contributed by atoms with Crippen LogP contribution in [-0.2, 0) is 6.42 Å². The fourth-order valence-electron chi connectivity index (χ4n) is 2.08. The fraction of sp³-hybridized carbons (Fsp3) is 0.125. The van der Waals surface area contributed by atoms with E-state index >= 15 is 0 Å². The molecular formula is C16H14O5. The van der Waals surface area contributed by atoms with Crippen molar-refractivity contribution in [2.75, 3.05) is 6.61 Å². The number of rotatable bonds is 5. The molecule has 0 aliphatic carbocycles. The summed E-state index contributed by atoms with van der Waals surface area (Å²) in [5.74, 6) is -2.35. The normalized spacial score (nSPS) is 10.3. The molecule has 0 heterocycles. The quantitative estimate of drug-likeness (QED) is 0.783. The van der Waals surface area contributed by atoms with Gasteiger partial charge in [0, 0.05) is 6.61 Å². The molecule has 0 aliphatic heterocycles. The summed E-state index contributed by atoms with van der Waals surface area (Å²) in [5, 5.41) is 27.1. The number of aromatic carboxylic acids is 2. The van der Waals surface area contributed by atoms with Gasteiger partial charge in [0.2, 0.25) is 0 Å². The lowest BCUT2D eigenvalue weighted by atomic mass is 9.97. The SMILES string of the molecule is O=C(O)c1cc(C(=O)O)cc(-c2cccc(CCO)c2)c1. The van der Waals surface area contributed by atoms with Gasteiger partial charge in [-0.1, -0.05) is 24.3 Å². The Balaban J connectivity index is 2.54. The zero-order valence-corrected chi connectivity index (χ0v) is 11.1. The number of hydrogen-bond acceptors (Lipinski definition) is 3. The molecule has 2 aromatic carbocycles. The minimum absolute atomic E-state index is 0.0129. The van der Waals surface area contributed by atoms with E-state index in [4.69, 9.17) is 15.3 Å². The zero-order chi connectivity index (χ0) is 15.4. The molecule has 2 rings (SSSR count). The maximum absolute atomic E-state index is 11.1. The molecule has 3 N–H and O–H groups in total. The first kappa shape index (κ1) is 14.7. The summed E-state index contributed by atoms with van der Waals surface area (Å²) in [7, 11) is 0. The van der Waals surface area contributed by atoms with Crippen LogP contribution in [0.3, 0.4) is 0 Å². The number of aliphatic hydroxyl groups excluding tert-OH is 1. The van der Waals surface area contributed by atoms with Crippen LogP contribution in [-0.4, -0.2) is 33.9 Å². The topological polar surface area (TPSA) is 94.8 Å². The molecule has 0 spiro atoms. The van der Waals surface area contributed by atoms with Crippen molar-refractivity contribution in [1.29, 1.82) is 0 Å². The molecule has 0 amide bonds. The van der Waals surface area contributed by atoms with Gasteiger partial charge in [0.1, 0.15) is 0 Å². The van der Waals surface area contributed by atoms with E-state index in [-0.39, 0.29) is 17.7 Å². The number of hydrogen-bond donors (Lipinski definition) is 3. The van der Waals surface area contributed by atoms with Crippen LogP contribution < -0.4 is 0 Å². The number of carboxylic acid groups (broad SMARTS) is 2. The Morgan fingerprint density at radius 2 is 1.48 bits per heavy atom. The summed E-state index contributed by atoms with van der Waals surface area (Å²) < 4.78 is 0. The second-order valence-corrected chi connectivity index (χ2v) is 4.58. The monoisotopic (exact) mass is 286 g/mol. The largest absolute Gasteiger partial charge is 0.478 e. The van der Waals surface area contributed by atoms with Crippen molar-refractivity contribution in [1.82, 2.24) is 0 Å². The average Bonchev–Trinajstić information content (AvgIpc) is 2.47. The molecular weight excluding hydrogens is 272 g/mol. The van der Waals surface area contributed by atoms with E-state index in [1.54, 1.807) is 12.1 Å². The van der Waals surface area contributed by atoms with Gasteiger partial charge in [-0.05, 0) is 41.3 Å². The third-order valence-electron chi connectivity index (χ3n) is 3.09. The van der Waals surface area contributed by atoms with Gasteiger partial charge in [-0.2, -0.15) is 0 Å². The number of benzene rings is 2. The van der Waals surface area contributed by atoms with Gasteiger partial charge in [-0.25, -0.2) is 9.59 Å². The van der Waals surface area contributed by atoms with Crippen molar-refractivity contribution in [3.63, 3.8) is 0 Å². The highest BCUT2D eigenvalue weighted by Gasteiger charge is 2.12. The molecule has 0 atom stereocenters. The summed E-state index contributed by atoms with van der Waals surface area (Å²) in [6, 6.07) is 11.2.